The normalized spacial score (nSPS) is 18.6. The number of ether oxygens (including phenoxy) is 1. The Labute approximate surface area is 145 Å². The summed E-state index contributed by atoms with van der Waals surface area (Å²) >= 11 is 0. The number of aryl methyl sites for hydroxylation is 1. The molecule has 0 atom stereocenters. The van der Waals surface area contributed by atoms with Crippen molar-refractivity contribution in [2.24, 2.45) is 0 Å². The maximum atomic E-state index is 12.9. The van der Waals surface area contributed by atoms with Crippen molar-refractivity contribution in [3.63, 3.8) is 0 Å². The molecule has 1 fully saturated rings. The standard InChI is InChI=1S/C18H23F3N2O2/c1-17(2,3)25-16(24)22-10-14(11-22)23-8-4-5-12-9-13(18(19,20)21)6-7-15(12)23/h6-7,9,14H,4-5,8,10-11H2,1-3H3. The van der Waals surface area contributed by atoms with Crippen molar-refractivity contribution in [1.82, 2.24) is 4.90 Å². The molecule has 2 heterocycles. The van der Waals surface area contributed by atoms with E-state index < -0.39 is 17.3 Å². The molecule has 7 heteroatoms. The fourth-order valence-electron chi connectivity index (χ4n) is 3.31. The van der Waals surface area contributed by atoms with Crippen LogP contribution in [0.5, 0.6) is 0 Å². The molecule has 0 bridgehead atoms. The fraction of sp³-hybridized carbons (Fsp3) is 0.611. The highest BCUT2D eigenvalue weighted by Crippen LogP contribution is 2.37. The summed E-state index contributed by atoms with van der Waals surface area (Å²) in [5.74, 6) is 0. The van der Waals surface area contributed by atoms with Crippen LogP contribution in [0, 0.1) is 0 Å². The van der Waals surface area contributed by atoms with Crippen LogP contribution in [0.25, 0.3) is 0 Å². The van der Waals surface area contributed by atoms with E-state index in [1.54, 1.807) is 11.0 Å². The number of carbonyl (C=O) groups is 1. The van der Waals surface area contributed by atoms with Gasteiger partial charge in [-0.1, -0.05) is 0 Å². The molecule has 0 radical (unpaired) electrons. The van der Waals surface area contributed by atoms with Gasteiger partial charge in [0.25, 0.3) is 0 Å². The first kappa shape index (κ1) is 17.9. The highest BCUT2D eigenvalue weighted by atomic mass is 19.4. The lowest BCUT2D eigenvalue weighted by atomic mass is 9.95. The van der Waals surface area contributed by atoms with Gasteiger partial charge in [0.1, 0.15) is 5.60 Å². The number of fused-ring (bicyclic) bond motifs is 1. The first-order valence-corrected chi connectivity index (χ1v) is 8.49. The number of carbonyl (C=O) groups excluding carboxylic acids is 1. The second kappa shape index (κ2) is 6.11. The molecule has 0 spiro atoms. The molecule has 25 heavy (non-hydrogen) atoms. The molecule has 0 aliphatic carbocycles. The molecule has 138 valence electrons. The van der Waals surface area contributed by atoms with Gasteiger partial charge in [-0.2, -0.15) is 13.2 Å². The number of alkyl halides is 3. The zero-order chi connectivity index (χ0) is 18.4. The third kappa shape index (κ3) is 3.85. The lowest BCUT2D eigenvalue weighted by Crippen LogP contribution is -2.62. The molecule has 0 saturated carbocycles. The summed E-state index contributed by atoms with van der Waals surface area (Å²) in [5.41, 5.74) is 0.454. The summed E-state index contributed by atoms with van der Waals surface area (Å²) in [6.45, 7) is 7.33. The van der Waals surface area contributed by atoms with Crippen LogP contribution in [0.2, 0.25) is 0 Å². The third-order valence-electron chi connectivity index (χ3n) is 4.52. The van der Waals surface area contributed by atoms with Crippen LogP contribution in [0.3, 0.4) is 0 Å². The number of amides is 1. The number of benzene rings is 1. The fourth-order valence-corrected chi connectivity index (χ4v) is 3.31. The molecular weight excluding hydrogens is 333 g/mol. The first-order valence-electron chi connectivity index (χ1n) is 8.49. The summed E-state index contributed by atoms with van der Waals surface area (Å²) in [7, 11) is 0. The zero-order valence-electron chi connectivity index (χ0n) is 14.7. The molecule has 2 aliphatic heterocycles. The van der Waals surface area contributed by atoms with E-state index in [-0.39, 0.29) is 12.1 Å². The molecule has 1 amide bonds. The Morgan fingerprint density at radius 2 is 1.88 bits per heavy atom. The molecule has 4 nitrogen and oxygen atoms in total. The molecule has 1 aromatic carbocycles. The Morgan fingerprint density at radius 1 is 1.20 bits per heavy atom. The van der Waals surface area contributed by atoms with Crippen molar-refractivity contribution in [3.8, 4) is 0 Å². The molecule has 1 aromatic rings. The van der Waals surface area contributed by atoms with Crippen molar-refractivity contribution in [1.29, 1.82) is 0 Å². The lowest BCUT2D eigenvalue weighted by Gasteiger charge is -2.48. The number of nitrogens with zero attached hydrogens (tertiary/aromatic N) is 2. The van der Waals surface area contributed by atoms with Crippen molar-refractivity contribution in [3.05, 3.63) is 29.3 Å². The number of anilines is 1. The molecule has 1 saturated heterocycles. The van der Waals surface area contributed by atoms with E-state index in [1.165, 1.54) is 6.07 Å². The minimum absolute atomic E-state index is 0.128. The van der Waals surface area contributed by atoms with E-state index in [9.17, 15) is 18.0 Å². The maximum absolute atomic E-state index is 12.9. The van der Waals surface area contributed by atoms with Gasteiger partial charge in [-0.15, -0.1) is 0 Å². The zero-order valence-corrected chi connectivity index (χ0v) is 14.7. The number of rotatable bonds is 1. The first-order chi connectivity index (χ1) is 11.5. The van der Waals surface area contributed by atoms with Gasteiger partial charge in [0.2, 0.25) is 0 Å². The summed E-state index contributed by atoms with van der Waals surface area (Å²) in [6, 6.07) is 4.09. The summed E-state index contributed by atoms with van der Waals surface area (Å²) in [4.78, 5) is 15.8. The topological polar surface area (TPSA) is 32.8 Å². The number of hydrogen-bond donors (Lipinski definition) is 0. The summed E-state index contributed by atoms with van der Waals surface area (Å²) in [5, 5.41) is 0. The van der Waals surface area contributed by atoms with Crippen molar-refractivity contribution in [2.75, 3.05) is 24.5 Å². The predicted octanol–water partition coefficient (Wildman–Crippen LogP) is 4.08. The lowest BCUT2D eigenvalue weighted by molar-refractivity contribution is -0.137. The van der Waals surface area contributed by atoms with E-state index in [1.807, 2.05) is 20.8 Å². The smallest absolute Gasteiger partial charge is 0.416 e. The predicted molar refractivity (Wildman–Crippen MR) is 88.7 cm³/mol. The van der Waals surface area contributed by atoms with E-state index in [0.29, 0.717) is 19.5 Å². The Hall–Kier alpha value is -1.92. The van der Waals surface area contributed by atoms with Crippen molar-refractivity contribution < 1.29 is 22.7 Å². The minimum Gasteiger partial charge on any atom is -0.444 e. The van der Waals surface area contributed by atoms with Crippen LogP contribution < -0.4 is 4.90 Å². The number of likely N-dealkylation sites (tertiary alicyclic amines) is 1. The molecule has 3 rings (SSSR count). The van der Waals surface area contributed by atoms with Crippen LogP contribution in [0.4, 0.5) is 23.7 Å². The van der Waals surface area contributed by atoms with Gasteiger partial charge in [0.15, 0.2) is 0 Å². The molecule has 0 unspecified atom stereocenters. The van der Waals surface area contributed by atoms with Gasteiger partial charge < -0.3 is 14.5 Å². The van der Waals surface area contributed by atoms with E-state index >= 15 is 0 Å². The molecule has 2 aliphatic rings. The average Bonchev–Trinajstić information content (AvgIpc) is 2.42. The number of hydrogen-bond acceptors (Lipinski definition) is 3. The summed E-state index contributed by atoms with van der Waals surface area (Å²) < 4.78 is 44.0. The van der Waals surface area contributed by atoms with Crippen LogP contribution in [-0.4, -0.2) is 42.3 Å². The van der Waals surface area contributed by atoms with Gasteiger partial charge in [-0.25, -0.2) is 4.79 Å². The van der Waals surface area contributed by atoms with Gasteiger partial charge in [0, 0.05) is 25.3 Å². The Bertz CT molecular complexity index is 661. The van der Waals surface area contributed by atoms with Crippen molar-refractivity contribution in [2.45, 2.75) is 51.4 Å². The molecule has 0 aromatic heterocycles. The Balaban J connectivity index is 1.68. The Kier molecular flexibility index (Phi) is 4.37. The second-order valence-electron chi connectivity index (χ2n) is 7.68. The monoisotopic (exact) mass is 356 g/mol. The molecule has 0 N–H and O–H groups in total. The van der Waals surface area contributed by atoms with Gasteiger partial charge in [0.05, 0.1) is 11.6 Å². The third-order valence-corrected chi connectivity index (χ3v) is 4.52. The summed E-state index contributed by atoms with van der Waals surface area (Å²) in [6.07, 6.45) is -3.19. The van der Waals surface area contributed by atoms with E-state index in [4.69, 9.17) is 4.74 Å². The quantitative estimate of drug-likeness (QED) is 0.760. The SMILES string of the molecule is CC(C)(C)OC(=O)N1CC(N2CCCc3cc(C(F)(F)F)ccc32)C1. The van der Waals surface area contributed by atoms with Crippen molar-refractivity contribution >= 4 is 11.8 Å². The van der Waals surface area contributed by atoms with Crippen LogP contribution in [0.1, 0.15) is 38.3 Å². The van der Waals surface area contributed by atoms with E-state index in [0.717, 1.165) is 30.3 Å². The van der Waals surface area contributed by atoms with Gasteiger partial charge >= 0.3 is 12.3 Å². The largest absolute Gasteiger partial charge is 0.444 e. The van der Waals surface area contributed by atoms with Crippen LogP contribution >= 0.6 is 0 Å². The molecular formula is C18H23F3N2O2. The highest BCUT2D eigenvalue weighted by Gasteiger charge is 2.39. The Morgan fingerprint density at radius 3 is 2.48 bits per heavy atom. The van der Waals surface area contributed by atoms with Gasteiger partial charge in [-0.05, 0) is 57.4 Å². The number of halogens is 3. The maximum Gasteiger partial charge on any atom is 0.416 e. The highest BCUT2D eigenvalue weighted by molar-refractivity contribution is 5.70. The van der Waals surface area contributed by atoms with E-state index in [2.05, 4.69) is 4.90 Å². The minimum atomic E-state index is -4.32. The van der Waals surface area contributed by atoms with Crippen LogP contribution in [-0.2, 0) is 17.3 Å². The average molecular weight is 356 g/mol. The second-order valence-corrected chi connectivity index (χ2v) is 7.68. The van der Waals surface area contributed by atoms with Gasteiger partial charge in [-0.3, -0.25) is 0 Å². The van der Waals surface area contributed by atoms with Crippen LogP contribution in [0.15, 0.2) is 18.2 Å².